The molecule has 0 atom stereocenters. The maximum absolute atomic E-state index is 13.7. The minimum absolute atomic E-state index is 0.0119. The average molecular weight is 555 g/mol. The zero-order valence-electron chi connectivity index (χ0n) is 22.2. The summed E-state index contributed by atoms with van der Waals surface area (Å²) in [7, 11) is 2.08. The van der Waals surface area contributed by atoms with E-state index in [1.807, 2.05) is 17.0 Å². The van der Waals surface area contributed by atoms with Gasteiger partial charge < -0.3 is 30.3 Å². The Morgan fingerprint density at radius 3 is 2.66 bits per heavy atom. The van der Waals surface area contributed by atoms with Gasteiger partial charge in [-0.25, -0.2) is 4.79 Å². The number of amides is 3. The van der Waals surface area contributed by atoms with E-state index < -0.39 is 0 Å². The fraction of sp³-hybridized carbons (Fsp3) is 0.500. The summed E-state index contributed by atoms with van der Waals surface area (Å²) in [5.41, 5.74) is 3.93. The fourth-order valence-electron chi connectivity index (χ4n) is 5.23. The molecular weight excluding hydrogens is 516 g/mol. The first-order valence-corrected chi connectivity index (χ1v) is 15.4. The predicted octanol–water partition coefficient (Wildman–Crippen LogP) is 3.83. The first-order chi connectivity index (χ1) is 18.5. The largest absolute Gasteiger partial charge is 0.336 e. The molecule has 0 spiro atoms. The van der Waals surface area contributed by atoms with Crippen LogP contribution in [0.2, 0.25) is 0 Å². The second-order valence-corrected chi connectivity index (χ2v) is 12.4. The number of fused-ring (bicyclic) bond motifs is 1. The molecule has 0 unspecified atom stereocenters. The molecule has 3 amide bonds. The quantitative estimate of drug-likeness (QED) is 0.524. The number of thiophene rings is 1. The smallest absolute Gasteiger partial charge is 0.319 e. The van der Waals surface area contributed by atoms with Gasteiger partial charge in [0.25, 0.3) is 5.91 Å². The van der Waals surface area contributed by atoms with Crippen LogP contribution in [0.1, 0.15) is 41.7 Å². The molecule has 3 N–H and O–H groups in total. The van der Waals surface area contributed by atoms with E-state index in [1.54, 1.807) is 23.1 Å². The number of hydrogen-bond acceptors (Lipinski definition) is 6. The lowest BCUT2D eigenvalue weighted by atomic mass is 10.0. The predicted molar refractivity (Wildman–Crippen MR) is 156 cm³/mol. The number of thioether (sulfide) groups is 1. The monoisotopic (exact) mass is 554 g/mol. The van der Waals surface area contributed by atoms with Crippen molar-refractivity contribution in [2.75, 3.05) is 45.5 Å². The molecule has 3 aliphatic heterocycles. The maximum atomic E-state index is 13.7. The molecule has 0 saturated carbocycles. The number of nitrogens with one attached hydrogen (secondary N) is 3. The summed E-state index contributed by atoms with van der Waals surface area (Å²) in [5, 5.41) is 11.4. The number of carbonyl (C=O) groups excluding carboxylic acids is 2. The van der Waals surface area contributed by atoms with E-state index in [-0.39, 0.29) is 11.9 Å². The zero-order valence-corrected chi connectivity index (χ0v) is 23.8. The Morgan fingerprint density at radius 1 is 1.08 bits per heavy atom. The highest BCUT2D eigenvalue weighted by molar-refractivity contribution is 8.03. The summed E-state index contributed by atoms with van der Waals surface area (Å²) in [5.74, 6) is 0.854. The van der Waals surface area contributed by atoms with Crippen LogP contribution in [0.5, 0.6) is 0 Å². The van der Waals surface area contributed by atoms with E-state index in [0.717, 1.165) is 74.6 Å². The number of piperazine rings is 1. The number of rotatable bonds is 5. The second-order valence-electron chi connectivity index (χ2n) is 10.2. The molecule has 10 heteroatoms. The number of aromatic nitrogens is 1. The molecular formula is C28H38N6O2S2. The van der Waals surface area contributed by atoms with Crippen LogP contribution in [0.4, 0.5) is 4.79 Å². The fourth-order valence-corrected chi connectivity index (χ4v) is 7.62. The van der Waals surface area contributed by atoms with Gasteiger partial charge in [0.15, 0.2) is 0 Å². The third kappa shape index (κ3) is 6.20. The van der Waals surface area contributed by atoms with E-state index in [9.17, 15) is 9.59 Å². The van der Waals surface area contributed by atoms with Gasteiger partial charge in [0.1, 0.15) is 5.00 Å². The summed E-state index contributed by atoms with van der Waals surface area (Å²) < 4.78 is 2.13. The molecule has 204 valence electrons. The molecule has 0 aromatic carbocycles. The van der Waals surface area contributed by atoms with Crippen molar-refractivity contribution in [2.24, 2.45) is 0 Å². The van der Waals surface area contributed by atoms with E-state index in [0.29, 0.717) is 30.2 Å². The molecule has 3 aliphatic rings. The first-order valence-electron chi connectivity index (χ1n) is 13.6. The number of likely N-dealkylation sites (N-methyl/N-ethyl adjacent to an activating group) is 1. The molecule has 2 aromatic heterocycles. The molecule has 8 nitrogen and oxygen atoms in total. The molecule has 0 bridgehead atoms. The van der Waals surface area contributed by atoms with Gasteiger partial charge in [-0.15, -0.1) is 23.1 Å². The minimum atomic E-state index is -0.282. The van der Waals surface area contributed by atoms with E-state index >= 15 is 0 Å². The Bertz CT molecular complexity index is 1190. The molecule has 1 fully saturated rings. The Kier molecular flexibility index (Phi) is 8.93. The number of urea groups is 1. The van der Waals surface area contributed by atoms with Gasteiger partial charge in [0.2, 0.25) is 0 Å². The van der Waals surface area contributed by atoms with Gasteiger partial charge in [0, 0.05) is 62.1 Å². The van der Waals surface area contributed by atoms with Crippen LogP contribution < -0.4 is 16.0 Å². The standard InChI is InChI=1S/C28H38N6O2S2/c1-20-8-4-3-7-17-37-25(24(20)26(35)33-15-13-32(2)14-16-33)31-28(36)30-18-22-21-9-10-29-19-23(21)38-27(22)34-11-5-6-12-34/h5-6,11-12,29H,1,3-4,7-10,13-19H2,2H3,(H2,30,31,36)/b25-24+. The highest BCUT2D eigenvalue weighted by atomic mass is 32.2. The minimum Gasteiger partial charge on any atom is -0.336 e. The number of nitrogens with zero attached hydrogens (tertiary/aromatic N) is 3. The van der Waals surface area contributed by atoms with Crippen LogP contribution in [0.15, 0.2) is 47.3 Å². The lowest BCUT2D eigenvalue weighted by Crippen LogP contribution is -2.48. The van der Waals surface area contributed by atoms with Crippen molar-refractivity contribution in [1.29, 1.82) is 0 Å². The van der Waals surface area contributed by atoms with Crippen LogP contribution in [-0.4, -0.2) is 71.8 Å². The SMILES string of the molecule is C=C1CCCCCS/C(NC(=O)NCc2c(-n3cccc3)sc3c2CCNC3)=C\1C(=O)N1CCN(C)CC1. The van der Waals surface area contributed by atoms with Crippen LogP contribution in [-0.2, 0) is 24.3 Å². The molecule has 0 radical (unpaired) electrons. The molecule has 5 heterocycles. The Morgan fingerprint density at radius 2 is 1.87 bits per heavy atom. The summed E-state index contributed by atoms with van der Waals surface area (Å²) in [6, 6.07) is 3.76. The van der Waals surface area contributed by atoms with Crippen molar-refractivity contribution in [3.05, 3.63) is 63.3 Å². The summed E-state index contributed by atoms with van der Waals surface area (Å²) in [6.07, 6.45) is 8.99. The van der Waals surface area contributed by atoms with Gasteiger partial charge in [-0.05, 0) is 68.3 Å². The summed E-state index contributed by atoms with van der Waals surface area (Å²) >= 11 is 3.35. The molecule has 2 aromatic rings. The summed E-state index contributed by atoms with van der Waals surface area (Å²) in [4.78, 5) is 32.5. The molecule has 38 heavy (non-hydrogen) atoms. The second kappa shape index (κ2) is 12.5. The molecule has 1 saturated heterocycles. The highest BCUT2D eigenvalue weighted by Gasteiger charge is 2.28. The normalized spacial score (nSPS) is 21.3. The van der Waals surface area contributed by atoms with Crippen molar-refractivity contribution in [1.82, 2.24) is 30.3 Å². The zero-order chi connectivity index (χ0) is 26.5. The first kappa shape index (κ1) is 27.1. The average Bonchev–Trinajstić information content (AvgIpc) is 3.58. The van der Waals surface area contributed by atoms with Gasteiger partial charge >= 0.3 is 6.03 Å². The molecule has 0 aliphatic carbocycles. The van der Waals surface area contributed by atoms with E-state index in [2.05, 4.69) is 51.4 Å². The Hall–Kier alpha value is -2.53. The van der Waals surface area contributed by atoms with Crippen molar-refractivity contribution in [2.45, 2.75) is 45.2 Å². The number of hydrogen-bond donors (Lipinski definition) is 3. The summed E-state index contributed by atoms with van der Waals surface area (Å²) in [6.45, 7) is 9.63. The van der Waals surface area contributed by atoms with Crippen molar-refractivity contribution >= 4 is 35.0 Å². The van der Waals surface area contributed by atoms with Crippen molar-refractivity contribution in [3.63, 3.8) is 0 Å². The third-order valence-electron chi connectivity index (χ3n) is 7.46. The van der Waals surface area contributed by atoms with Gasteiger partial charge in [-0.2, -0.15) is 0 Å². The van der Waals surface area contributed by atoms with Crippen molar-refractivity contribution < 1.29 is 9.59 Å². The Balaban J connectivity index is 1.36. The topological polar surface area (TPSA) is 81.6 Å². The lowest BCUT2D eigenvalue weighted by molar-refractivity contribution is -0.128. The van der Waals surface area contributed by atoms with E-state index in [1.165, 1.54) is 16.0 Å². The van der Waals surface area contributed by atoms with Gasteiger partial charge in [0.05, 0.1) is 10.6 Å². The Labute approximate surface area is 233 Å². The van der Waals surface area contributed by atoms with Crippen LogP contribution in [0.3, 0.4) is 0 Å². The van der Waals surface area contributed by atoms with Crippen molar-refractivity contribution in [3.8, 4) is 5.00 Å². The van der Waals surface area contributed by atoms with Crippen LogP contribution in [0.25, 0.3) is 5.00 Å². The van der Waals surface area contributed by atoms with Gasteiger partial charge in [-0.1, -0.05) is 13.0 Å². The third-order valence-corrected chi connectivity index (χ3v) is 9.84. The molecule has 5 rings (SSSR count). The maximum Gasteiger partial charge on any atom is 0.319 e. The van der Waals surface area contributed by atoms with Crippen LogP contribution in [0, 0.1) is 0 Å². The lowest BCUT2D eigenvalue weighted by Gasteiger charge is -2.33. The number of carbonyl (C=O) groups is 2. The van der Waals surface area contributed by atoms with E-state index in [4.69, 9.17) is 0 Å². The highest BCUT2D eigenvalue weighted by Crippen LogP contribution is 2.34. The van der Waals surface area contributed by atoms with Crippen LogP contribution >= 0.6 is 23.1 Å². The van der Waals surface area contributed by atoms with Gasteiger partial charge in [-0.3, -0.25) is 4.79 Å².